The Kier molecular flexibility index (Phi) is 3.72. The van der Waals surface area contributed by atoms with Gasteiger partial charge in [0.25, 0.3) is 0 Å². The third-order valence-electron chi connectivity index (χ3n) is 3.28. The number of benzene rings is 1. The Labute approximate surface area is 102 Å². The molecule has 1 aliphatic rings. The molecular weight excluding hydrogens is 222 g/mol. The van der Waals surface area contributed by atoms with Gasteiger partial charge in [-0.25, -0.2) is 0 Å². The van der Waals surface area contributed by atoms with Crippen molar-refractivity contribution >= 4 is 11.6 Å². The molecule has 0 amide bonds. The van der Waals surface area contributed by atoms with Gasteiger partial charge in [-0.15, -0.1) is 0 Å². The number of hydrogen-bond donors (Lipinski definition) is 2. The summed E-state index contributed by atoms with van der Waals surface area (Å²) < 4.78 is 0. The van der Waals surface area contributed by atoms with Gasteiger partial charge in [0.2, 0.25) is 0 Å². The van der Waals surface area contributed by atoms with Crippen LogP contribution in [0, 0.1) is 12.8 Å². The van der Waals surface area contributed by atoms with Crippen molar-refractivity contribution in [2.45, 2.75) is 26.2 Å². The zero-order valence-corrected chi connectivity index (χ0v) is 10.3. The van der Waals surface area contributed by atoms with Crippen LogP contribution in [0.3, 0.4) is 0 Å². The van der Waals surface area contributed by atoms with Crippen LogP contribution in [0.4, 0.5) is 0 Å². The van der Waals surface area contributed by atoms with Crippen molar-refractivity contribution in [2.75, 3.05) is 13.1 Å². The van der Waals surface area contributed by atoms with Crippen LogP contribution in [-0.2, 0) is 6.42 Å². The molecule has 0 aromatic heterocycles. The minimum absolute atomic E-state index is 0.214. The van der Waals surface area contributed by atoms with Crippen molar-refractivity contribution in [2.24, 2.45) is 5.92 Å². The Bertz CT molecular complexity index is 349. The number of aryl methyl sites for hydroxylation is 1. The summed E-state index contributed by atoms with van der Waals surface area (Å²) in [6, 6.07) is 3.89. The molecule has 2 nitrogen and oxygen atoms in total. The second-order valence-electron chi connectivity index (χ2n) is 4.64. The molecule has 1 saturated heterocycles. The largest absolute Gasteiger partial charge is 0.506 e. The molecule has 0 bridgehead atoms. The van der Waals surface area contributed by atoms with Crippen LogP contribution in [0.15, 0.2) is 12.1 Å². The summed E-state index contributed by atoms with van der Waals surface area (Å²) in [5.41, 5.74) is 2.16. The number of hydrogen-bond acceptors (Lipinski definition) is 2. The summed E-state index contributed by atoms with van der Waals surface area (Å²) in [5.74, 6) is 0.951. The molecule has 0 saturated carbocycles. The molecule has 0 radical (unpaired) electrons. The summed E-state index contributed by atoms with van der Waals surface area (Å²) in [6.45, 7) is 4.17. The van der Waals surface area contributed by atoms with Gasteiger partial charge in [0.1, 0.15) is 5.75 Å². The molecule has 0 aliphatic carbocycles. The number of nitrogens with one attached hydrogen (secondary N) is 1. The van der Waals surface area contributed by atoms with Gasteiger partial charge < -0.3 is 10.4 Å². The summed E-state index contributed by atoms with van der Waals surface area (Å²) in [6.07, 6.45) is 3.50. The first-order valence-corrected chi connectivity index (χ1v) is 6.23. The van der Waals surface area contributed by atoms with Gasteiger partial charge in [-0.3, -0.25) is 0 Å². The van der Waals surface area contributed by atoms with Gasteiger partial charge in [0, 0.05) is 0 Å². The van der Waals surface area contributed by atoms with Gasteiger partial charge in [-0.05, 0) is 62.4 Å². The van der Waals surface area contributed by atoms with Gasteiger partial charge in [-0.2, -0.15) is 0 Å². The van der Waals surface area contributed by atoms with Crippen LogP contribution in [0.5, 0.6) is 5.75 Å². The van der Waals surface area contributed by atoms with Crippen molar-refractivity contribution in [3.8, 4) is 5.75 Å². The number of phenols is 1. The minimum atomic E-state index is 0.214. The zero-order chi connectivity index (χ0) is 11.5. The van der Waals surface area contributed by atoms with E-state index in [1.54, 1.807) is 6.07 Å². The lowest BCUT2D eigenvalue weighted by atomic mass is 9.90. The fourth-order valence-electron chi connectivity index (χ4n) is 2.36. The smallest absolute Gasteiger partial charge is 0.134 e. The quantitative estimate of drug-likeness (QED) is 0.832. The summed E-state index contributed by atoms with van der Waals surface area (Å²) >= 11 is 5.93. The van der Waals surface area contributed by atoms with Crippen LogP contribution >= 0.6 is 11.6 Å². The van der Waals surface area contributed by atoms with E-state index < -0.39 is 0 Å². The van der Waals surface area contributed by atoms with Crippen LogP contribution in [0.25, 0.3) is 0 Å². The lowest BCUT2D eigenvalue weighted by Gasteiger charge is -2.22. The third-order valence-corrected chi connectivity index (χ3v) is 3.77. The predicted octanol–water partition coefficient (Wildman–Crippen LogP) is 2.90. The highest BCUT2D eigenvalue weighted by Crippen LogP contribution is 2.30. The molecular formula is C13H18ClNO. The Morgan fingerprint density at radius 1 is 1.38 bits per heavy atom. The molecule has 1 fully saturated rings. The van der Waals surface area contributed by atoms with Crippen molar-refractivity contribution in [1.29, 1.82) is 0 Å². The van der Waals surface area contributed by atoms with Gasteiger partial charge in [0.05, 0.1) is 5.02 Å². The van der Waals surface area contributed by atoms with E-state index in [0.717, 1.165) is 31.0 Å². The fourth-order valence-corrected chi connectivity index (χ4v) is 2.47. The van der Waals surface area contributed by atoms with Crippen LogP contribution in [0.2, 0.25) is 5.02 Å². The van der Waals surface area contributed by atoms with Crippen molar-refractivity contribution in [1.82, 2.24) is 5.32 Å². The molecule has 0 spiro atoms. The maximum atomic E-state index is 9.67. The molecule has 88 valence electrons. The van der Waals surface area contributed by atoms with E-state index in [9.17, 15) is 5.11 Å². The maximum absolute atomic E-state index is 9.67. The molecule has 0 atom stereocenters. The van der Waals surface area contributed by atoms with E-state index in [1.807, 2.05) is 6.92 Å². The van der Waals surface area contributed by atoms with E-state index in [-0.39, 0.29) is 5.75 Å². The van der Waals surface area contributed by atoms with E-state index in [2.05, 4.69) is 11.4 Å². The molecule has 1 aliphatic heterocycles. The highest BCUT2D eigenvalue weighted by molar-refractivity contribution is 6.32. The second-order valence-corrected chi connectivity index (χ2v) is 5.02. The Morgan fingerprint density at radius 2 is 2.06 bits per heavy atom. The highest BCUT2D eigenvalue weighted by atomic mass is 35.5. The molecule has 0 unspecified atom stereocenters. The summed E-state index contributed by atoms with van der Waals surface area (Å²) in [7, 11) is 0. The summed E-state index contributed by atoms with van der Waals surface area (Å²) in [4.78, 5) is 0. The van der Waals surface area contributed by atoms with Crippen LogP contribution in [0.1, 0.15) is 24.0 Å². The Morgan fingerprint density at radius 3 is 2.69 bits per heavy atom. The highest BCUT2D eigenvalue weighted by Gasteiger charge is 2.14. The average molecular weight is 240 g/mol. The first-order chi connectivity index (χ1) is 7.66. The van der Waals surface area contributed by atoms with Crippen molar-refractivity contribution < 1.29 is 5.11 Å². The lowest BCUT2D eigenvalue weighted by molar-refractivity contribution is 0.372. The number of phenolic OH excluding ortho intramolecular Hbond substituents is 1. The maximum Gasteiger partial charge on any atom is 0.134 e. The first kappa shape index (κ1) is 11.7. The van der Waals surface area contributed by atoms with Gasteiger partial charge in [0.15, 0.2) is 0 Å². The Hall–Kier alpha value is -0.730. The van der Waals surface area contributed by atoms with E-state index in [0.29, 0.717) is 5.02 Å². The van der Waals surface area contributed by atoms with E-state index >= 15 is 0 Å². The lowest BCUT2D eigenvalue weighted by Crippen LogP contribution is -2.28. The molecule has 1 aromatic rings. The average Bonchev–Trinajstić information content (AvgIpc) is 2.27. The Balaban J connectivity index is 2.09. The molecule has 16 heavy (non-hydrogen) atoms. The zero-order valence-electron chi connectivity index (χ0n) is 9.59. The van der Waals surface area contributed by atoms with Gasteiger partial charge in [-0.1, -0.05) is 17.7 Å². The topological polar surface area (TPSA) is 32.3 Å². The van der Waals surface area contributed by atoms with Gasteiger partial charge >= 0.3 is 0 Å². The van der Waals surface area contributed by atoms with Crippen LogP contribution in [-0.4, -0.2) is 18.2 Å². The van der Waals surface area contributed by atoms with Crippen molar-refractivity contribution in [3.05, 3.63) is 28.3 Å². The third kappa shape index (κ3) is 2.69. The standard InChI is InChI=1S/C13H18ClNO/c1-9-6-11(8-12(16)13(9)14)7-10-2-4-15-5-3-10/h6,8,10,15-16H,2-5,7H2,1H3. The number of halogens is 1. The number of piperidine rings is 1. The SMILES string of the molecule is Cc1cc(CC2CCNCC2)cc(O)c1Cl. The number of rotatable bonds is 2. The minimum Gasteiger partial charge on any atom is -0.506 e. The number of aromatic hydroxyl groups is 1. The van der Waals surface area contributed by atoms with Crippen LogP contribution < -0.4 is 5.32 Å². The first-order valence-electron chi connectivity index (χ1n) is 5.85. The van der Waals surface area contributed by atoms with E-state index in [1.165, 1.54) is 18.4 Å². The predicted molar refractivity (Wildman–Crippen MR) is 67.2 cm³/mol. The fraction of sp³-hybridized carbons (Fsp3) is 0.538. The van der Waals surface area contributed by atoms with E-state index in [4.69, 9.17) is 11.6 Å². The monoisotopic (exact) mass is 239 g/mol. The molecule has 3 heteroatoms. The molecule has 1 heterocycles. The van der Waals surface area contributed by atoms with Crippen molar-refractivity contribution in [3.63, 3.8) is 0 Å². The molecule has 2 N–H and O–H groups in total. The summed E-state index contributed by atoms with van der Waals surface area (Å²) in [5, 5.41) is 13.5. The molecule has 1 aromatic carbocycles. The second kappa shape index (κ2) is 5.07. The molecule has 2 rings (SSSR count). The normalized spacial score (nSPS) is 17.6.